The average Bonchev–Trinajstić information content (AvgIpc) is 2.20. The third-order valence-corrected chi connectivity index (χ3v) is 1.99. The second-order valence-corrected chi connectivity index (χ2v) is 3.09. The summed E-state index contributed by atoms with van der Waals surface area (Å²) in [4.78, 5) is 11.4. The Kier molecular flexibility index (Phi) is 3.44. The van der Waals surface area contributed by atoms with Crippen LogP contribution in [0.1, 0.15) is 13.8 Å². The molecule has 0 fully saturated rings. The summed E-state index contributed by atoms with van der Waals surface area (Å²) >= 11 is 0. The van der Waals surface area contributed by atoms with Gasteiger partial charge < -0.3 is 10.4 Å². The molecule has 0 aliphatic heterocycles. The molecule has 0 saturated heterocycles. The molecule has 0 radical (unpaired) electrons. The maximum atomic E-state index is 13.2. The molecule has 1 aromatic carbocycles. The molecule has 1 rings (SSSR count). The summed E-state index contributed by atoms with van der Waals surface area (Å²) in [6.45, 7) is 3.36. The number of hydrogen-bond donors (Lipinski definition) is 2. The highest BCUT2D eigenvalue weighted by Crippen LogP contribution is 2.19. The van der Waals surface area contributed by atoms with E-state index in [0.29, 0.717) is 5.57 Å². The number of rotatable bonds is 2. The Hall–Kier alpha value is -1.84. The molecule has 2 N–H and O–H groups in total. The first kappa shape index (κ1) is 11.2. The fraction of sp³-hybridized carbons (Fsp3) is 0.182. The summed E-state index contributed by atoms with van der Waals surface area (Å²) in [6.07, 6.45) is 1.63. The van der Waals surface area contributed by atoms with Crippen LogP contribution in [0.25, 0.3) is 0 Å². The van der Waals surface area contributed by atoms with Gasteiger partial charge in [-0.3, -0.25) is 4.79 Å². The predicted octanol–water partition coefficient (Wildman–Crippen LogP) is 2.44. The first-order chi connectivity index (χ1) is 7.04. The highest BCUT2D eigenvalue weighted by molar-refractivity contribution is 6.03. The minimum atomic E-state index is -0.660. The topological polar surface area (TPSA) is 49.3 Å². The van der Waals surface area contributed by atoms with E-state index in [-0.39, 0.29) is 17.3 Å². The summed E-state index contributed by atoms with van der Waals surface area (Å²) in [5.74, 6) is -1.19. The van der Waals surface area contributed by atoms with E-state index in [2.05, 4.69) is 5.32 Å². The van der Waals surface area contributed by atoms with Crippen LogP contribution in [0.15, 0.2) is 29.8 Å². The van der Waals surface area contributed by atoms with Crippen LogP contribution in [0, 0.1) is 5.82 Å². The number of amides is 1. The minimum absolute atomic E-state index is 0.0546. The van der Waals surface area contributed by atoms with Gasteiger partial charge in [0.05, 0.1) is 5.69 Å². The Bertz CT molecular complexity index is 413. The smallest absolute Gasteiger partial charge is 0.251 e. The number of halogens is 1. The first-order valence-electron chi connectivity index (χ1n) is 4.47. The highest BCUT2D eigenvalue weighted by Gasteiger charge is 2.08. The minimum Gasteiger partial charge on any atom is -0.508 e. The van der Waals surface area contributed by atoms with E-state index in [1.807, 2.05) is 0 Å². The molecule has 15 heavy (non-hydrogen) atoms. The molecular formula is C11H12FNO2. The van der Waals surface area contributed by atoms with Crippen LogP contribution in [0.2, 0.25) is 0 Å². The van der Waals surface area contributed by atoms with Crippen LogP contribution in [-0.4, -0.2) is 11.0 Å². The second kappa shape index (κ2) is 4.59. The first-order valence-corrected chi connectivity index (χ1v) is 4.47. The molecule has 4 heteroatoms. The molecule has 0 aromatic heterocycles. The number of phenolic OH excluding ortho intramolecular Hbond substituents is 1. The van der Waals surface area contributed by atoms with Crippen molar-refractivity contribution in [2.75, 3.05) is 5.32 Å². The number of carbonyl (C=O) groups excluding carboxylic acids is 1. The van der Waals surface area contributed by atoms with Crippen molar-refractivity contribution in [3.8, 4) is 5.75 Å². The van der Waals surface area contributed by atoms with Crippen molar-refractivity contribution in [2.45, 2.75) is 13.8 Å². The van der Waals surface area contributed by atoms with Gasteiger partial charge in [-0.1, -0.05) is 6.08 Å². The zero-order valence-electron chi connectivity index (χ0n) is 8.54. The van der Waals surface area contributed by atoms with E-state index in [9.17, 15) is 9.18 Å². The molecule has 0 unspecified atom stereocenters. The largest absolute Gasteiger partial charge is 0.508 e. The lowest BCUT2D eigenvalue weighted by atomic mass is 10.2. The van der Waals surface area contributed by atoms with Gasteiger partial charge in [0.25, 0.3) is 5.91 Å². The summed E-state index contributed by atoms with van der Waals surface area (Å²) < 4.78 is 13.2. The maximum Gasteiger partial charge on any atom is 0.251 e. The number of nitrogens with one attached hydrogen (secondary N) is 1. The molecule has 0 atom stereocenters. The van der Waals surface area contributed by atoms with Crippen molar-refractivity contribution < 1.29 is 14.3 Å². The molecule has 0 saturated carbocycles. The number of phenols is 1. The summed E-state index contributed by atoms with van der Waals surface area (Å²) in [7, 11) is 0. The Balaban J connectivity index is 2.86. The second-order valence-electron chi connectivity index (χ2n) is 3.09. The highest BCUT2D eigenvalue weighted by atomic mass is 19.1. The van der Waals surface area contributed by atoms with Gasteiger partial charge in [-0.05, 0) is 26.0 Å². The van der Waals surface area contributed by atoms with Crippen molar-refractivity contribution >= 4 is 11.6 Å². The summed E-state index contributed by atoms with van der Waals surface area (Å²) in [5, 5.41) is 11.4. The van der Waals surface area contributed by atoms with Crippen LogP contribution in [0.3, 0.4) is 0 Å². The quantitative estimate of drug-likeness (QED) is 0.580. The molecule has 0 spiro atoms. The van der Waals surface area contributed by atoms with E-state index in [0.717, 1.165) is 6.07 Å². The lowest BCUT2D eigenvalue weighted by Crippen LogP contribution is -2.13. The maximum absolute atomic E-state index is 13.2. The van der Waals surface area contributed by atoms with Gasteiger partial charge in [-0.2, -0.15) is 0 Å². The van der Waals surface area contributed by atoms with Crippen molar-refractivity contribution in [3.63, 3.8) is 0 Å². The van der Waals surface area contributed by atoms with Crippen molar-refractivity contribution in [1.82, 2.24) is 0 Å². The number of hydrogen-bond acceptors (Lipinski definition) is 2. The molecule has 1 aromatic rings. The molecule has 0 aliphatic carbocycles. The lowest BCUT2D eigenvalue weighted by Gasteiger charge is -2.06. The molecule has 0 bridgehead atoms. The predicted molar refractivity (Wildman–Crippen MR) is 56.1 cm³/mol. The fourth-order valence-electron chi connectivity index (χ4n) is 0.957. The fourth-order valence-corrected chi connectivity index (χ4v) is 0.957. The summed E-state index contributed by atoms with van der Waals surface area (Å²) in [5.41, 5.74) is 0.557. The van der Waals surface area contributed by atoms with Crippen molar-refractivity contribution in [1.29, 1.82) is 0 Å². The average molecular weight is 209 g/mol. The van der Waals surface area contributed by atoms with Gasteiger partial charge >= 0.3 is 0 Å². The van der Waals surface area contributed by atoms with Gasteiger partial charge in [0.15, 0.2) is 0 Å². The zero-order valence-corrected chi connectivity index (χ0v) is 8.54. The van der Waals surface area contributed by atoms with E-state index in [4.69, 9.17) is 5.11 Å². The molecule has 3 nitrogen and oxygen atoms in total. The Morgan fingerprint density at radius 3 is 2.73 bits per heavy atom. The van der Waals surface area contributed by atoms with E-state index >= 15 is 0 Å². The number of anilines is 1. The van der Waals surface area contributed by atoms with Crippen LogP contribution in [0.5, 0.6) is 5.75 Å². The van der Waals surface area contributed by atoms with Gasteiger partial charge in [0, 0.05) is 11.6 Å². The lowest BCUT2D eigenvalue weighted by molar-refractivity contribution is -0.112. The Labute approximate surface area is 87.2 Å². The number of benzene rings is 1. The van der Waals surface area contributed by atoms with E-state index in [1.54, 1.807) is 19.9 Å². The van der Waals surface area contributed by atoms with Gasteiger partial charge in [-0.15, -0.1) is 0 Å². The summed E-state index contributed by atoms with van der Waals surface area (Å²) in [6, 6.07) is 3.57. The molecular weight excluding hydrogens is 197 g/mol. The van der Waals surface area contributed by atoms with Crippen molar-refractivity contribution in [3.05, 3.63) is 35.7 Å². The van der Waals surface area contributed by atoms with E-state index < -0.39 is 5.82 Å². The number of allylic oxidation sites excluding steroid dienone is 1. The Morgan fingerprint density at radius 1 is 1.53 bits per heavy atom. The van der Waals surface area contributed by atoms with Gasteiger partial charge in [0.1, 0.15) is 11.6 Å². The normalized spacial score (nSPS) is 11.3. The SMILES string of the molecule is CC=C(C)C(=O)Nc1ccc(O)cc1F. The van der Waals surface area contributed by atoms with Gasteiger partial charge in [0.2, 0.25) is 0 Å². The van der Waals surface area contributed by atoms with Crippen molar-refractivity contribution in [2.24, 2.45) is 0 Å². The third kappa shape index (κ3) is 2.80. The van der Waals surface area contributed by atoms with E-state index in [1.165, 1.54) is 12.1 Å². The molecule has 0 aliphatic rings. The standard InChI is InChI=1S/C11H12FNO2/c1-3-7(2)11(15)13-10-5-4-8(14)6-9(10)12/h3-6,14H,1-2H3,(H,13,15). The Morgan fingerprint density at radius 2 is 2.20 bits per heavy atom. The molecule has 0 heterocycles. The van der Waals surface area contributed by atoms with Crippen LogP contribution < -0.4 is 5.32 Å². The monoisotopic (exact) mass is 209 g/mol. The molecule has 80 valence electrons. The third-order valence-electron chi connectivity index (χ3n) is 1.99. The zero-order chi connectivity index (χ0) is 11.4. The number of aromatic hydroxyl groups is 1. The van der Waals surface area contributed by atoms with Crippen LogP contribution >= 0.6 is 0 Å². The van der Waals surface area contributed by atoms with Gasteiger partial charge in [-0.25, -0.2) is 4.39 Å². The van der Waals surface area contributed by atoms with Crippen LogP contribution in [-0.2, 0) is 4.79 Å². The van der Waals surface area contributed by atoms with Crippen LogP contribution in [0.4, 0.5) is 10.1 Å². The number of carbonyl (C=O) groups is 1. The molecule has 1 amide bonds.